The Bertz CT molecular complexity index is 522. The Kier molecular flexibility index (Phi) is 5.63. The highest BCUT2D eigenvalue weighted by atomic mass is 32.1. The first-order valence-corrected chi connectivity index (χ1v) is 9.06. The molecule has 1 N–H and O–H groups in total. The number of nitrogens with one attached hydrogen (secondary N) is 1. The minimum absolute atomic E-state index is 0.0594. The molecule has 0 aromatic carbocycles. The minimum atomic E-state index is 0.0594. The summed E-state index contributed by atoms with van der Waals surface area (Å²) in [5.74, 6) is 0.615. The highest BCUT2D eigenvalue weighted by Crippen LogP contribution is 2.35. The molecular formula is C16H25N3O3S. The Balaban J connectivity index is 1.41. The fraction of sp³-hybridized carbons (Fsp3) is 0.750. The van der Waals surface area contributed by atoms with Gasteiger partial charge in [0, 0.05) is 44.1 Å². The molecule has 3 rings (SSSR count). The van der Waals surface area contributed by atoms with Gasteiger partial charge in [0.2, 0.25) is 5.91 Å². The summed E-state index contributed by atoms with van der Waals surface area (Å²) < 4.78 is 11.0. The molecule has 1 amide bonds. The van der Waals surface area contributed by atoms with Crippen LogP contribution in [-0.2, 0) is 20.8 Å². The van der Waals surface area contributed by atoms with E-state index in [2.05, 4.69) is 22.1 Å². The quantitative estimate of drug-likeness (QED) is 0.756. The summed E-state index contributed by atoms with van der Waals surface area (Å²) in [4.78, 5) is 20.0. The molecule has 1 aromatic heterocycles. The molecule has 3 atom stereocenters. The smallest absolute Gasteiger partial charge is 0.222 e. The van der Waals surface area contributed by atoms with Crippen molar-refractivity contribution in [1.29, 1.82) is 0 Å². The Morgan fingerprint density at radius 2 is 2.43 bits per heavy atom. The van der Waals surface area contributed by atoms with Crippen molar-refractivity contribution in [1.82, 2.24) is 15.2 Å². The second-order valence-corrected chi connectivity index (χ2v) is 7.33. The largest absolute Gasteiger partial charge is 0.383 e. The van der Waals surface area contributed by atoms with E-state index >= 15 is 0 Å². The molecule has 0 bridgehead atoms. The van der Waals surface area contributed by atoms with Crippen LogP contribution in [0.25, 0.3) is 0 Å². The van der Waals surface area contributed by atoms with Crippen LogP contribution in [0.3, 0.4) is 0 Å². The normalized spacial score (nSPS) is 27.3. The lowest BCUT2D eigenvalue weighted by molar-refractivity contribution is -0.124. The molecule has 2 saturated heterocycles. The van der Waals surface area contributed by atoms with Crippen molar-refractivity contribution in [2.24, 2.45) is 5.92 Å². The number of amides is 1. The first kappa shape index (κ1) is 16.8. The average molecular weight is 339 g/mol. The van der Waals surface area contributed by atoms with Crippen molar-refractivity contribution < 1.29 is 14.3 Å². The number of hydrogen-bond acceptors (Lipinski definition) is 6. The van der Waals surface area contributed by atoms with Crippen LogP contribution in [-0.4, -0.2) is 61.3 Å². The van der Waals surface area contributed by atoms with Crippen LogP contribution in [0.1, 0.15) is 23.4 Å². The molecule has 2 aliphatic heterocycles. The average Bonchev–Trinajstić information content (AvgIpc) is 3.15. The van der Waals surface area contributed by atoms with Gasteiger partial charge in [-0.3, -0.25) is 9.69 Å². The number of thiazole rings is 1. The van der Waals surface area contributed by atoms with Crippen LogP contribution < -0.4 is 5.32 Å². The maximum Gasteiger partial charge on any atom is 0.222 e. The zero-order valence-electron chi connectivity index (χ0n) is 13.8. The number of aromatic nitrogens is 1. The molecule has 0 spiro atoms. The third-order valence-corrected chi connectivity index (χ3v) is 5.56. The first-order valence-electron chi connectivity index (χ1n) is 8.18. The van der Waals surface area contributed by atoms with Crippen molar-refractivity contribution >= 4 is 17.2 Å². The molecule has 3 heterocycles. The van der Waals surface area contributed by atoms with Gasteiger partial charge in [-0.15, -0.1) is 11.3 Å². The summed E-state index contributed by atoms with van der Waals surface area (Å²) in [6, 6.07) is 0. The molecule has 23 heavy (non-hydrogen) atoms. The summed E-state index contributed by atoms with van der Waals surface area (Å²) in [5.41, 5.74) is 3.05. The molecule has 0 aliphatic carbocycles. The van der Waals surface area contributed by atoms with Gasteiger partial charge in [0.05, 0.1) is 36.4 Å². The lowest BCUT2D eigenvalue weighted by atomic mass is 10.0. The molecule has 7 heteroatoms. The molecule has 128 valence electrons. The van der Waals surface area contributed by atoms with Crippen molar-refractivity contribution in [2.75, 3.05) is 33.4 Å². The predicted molar refractivity (Wildman–Crippen MR) is 88.4 cm³/mol. The van der Waals surface area contributed by atoms with E-state index in [0.717, 1.165) is 31.7 Å². The SMILES string of the molecule is COCCNC(=O)C[C@H]1C[C@H]2CN(Cc3scnc3C)C[C@H]2O1. The predicted octanol–water partition coefficient (Wildman–Crippen LogP) is 1.19. The summed E-state index contributed by atoms with van der Waals surface area (Å²) in [6.45, 7) is 6.17. The number of aryl methyl sites for hydroxylation is 1. The Labute approximate surface area is 141 Å². The number of ether oxygens (including phenoxy) is 2. The van der Waals surface area contributed by atoms with Crippen LogP contribution in [0, 0.1) is 12.8 Å². The highest BCUT2D eigenvalue weighted by molar-refractivity contribution is 7.09. The summed E-state index contributed by atoms with van der Waals surface area (Å²) in [7, 11) is 1.63. The van der Waals surface area contributed by atoms with E-state index in [1.807, 2.05) is 5.51 Å². The number of fused-ring (bicyclic) bond motifs is 1. The molecular weight excluding hydrogens is 314 g/mol. The Morgan fingerprint density at radius 3 is 3.13 bits per heavy atom. The number of rotatable bonds is 7. The van der Waals surface area contributed by atoms with Crippen LogP contribution in [0.5, 0.6) is 0 Å². The van der Waals surface area contributed by atoms with E-state index in [4.69, 9.17) is 9.47 Å². The van der Waals surface area contributed by atoms with Gasteiger partial charge in [-0.1, -0.05) is 0 Å². The maximum atomic E-state index is 11.8. The van der Waals surface area contributed by atoms with E-state index in [9.17, 15) is 4.79 Å². The van der Waals surface area contributed by atoms with Crippen LogP contribution >= 0.6 is 11.3 Å². The van der Waals surface area contributed by atoms with Gasteiger partial charge in [-0.05, 0) is 13.3 Å². The minimum Gasteiger partial charge on any atom is -0.383 e. The van der Waals surface area contributed by atoms with E-state index in [1.54, 1.807) is 18.4 Å². The standard InChI is InChI=1S/C16H25N3O3S/c1-11-15(23-10-18-11)9-19-7-12-5-13(22-14(12)8-19)6-16(20)17-3-4-21-2/h10,12-14H,3-9H2,1-2H3,(H,17,20)/t12-,13+,14+/m0/s1. The van der Waals surface area contributed by atoms with E-state index in [1.165, 1.54) is 4.88 Å². The van der Waals surface area contributed by atoms with Crippen LogP contribution in [0.4, 0.5) is 0 Å². The third-order valence-electron chi connectivity index (χ3n) is 4.64. The number of carbonyl (C=O) groups is 1. The highest BCUT2D eigenvalue weighted by Gasteiger charge is 2.42. The number of methoxy groups -OCH3 is 1. The number of likely N-dealkylation sites (tertiary alicyclic amines) is 1. The van der Waals surface area contributed by atoms with E-state index < -0.39 is 0 Å². The molecule has 0 radical (unpaired) electrons. The van der Waals surface area contributed by atoms with Crippen molar-refractivity contribution in [2.45, 2.75) is 38.5 Å². The molecule has 1 aromatic rings. The second-order valence-electron chi connectivity index (χ2n) is 6.39. The Morgan fingerprint density at radius 1 is 1.57 bits per heavy atom. The van der Waals surface area contributed by atoms with Gasteiger partial charge < -0.3 is 14.8 Å². The van der Waals surface area contributed by atoms with Gasteiger partial charge in [0.15, 0.2) is 0 Å². The zero-order chi connectivity index (χ0) is 16.2. The van der Waals surface area contributed by atoms with Crippen molar-refractivity contribution in [3.63, 3.8) is 0 Å². The van der Waals surface area contributed by atoms with Gasteiger partial charge >= 0.3 is 0 Å². The zero-order valence-corrected chi connectivity index (χ0v) is 14.6. The van der Waals surface area contributed by atoms with Crippen molar-refractivity contribution in [3.05, 3.63) is 16.1 Å². The number of carbonyl (C=O) groups excluding carboxylic acids is 1. The van der Waals surface area contributed by atoms with Gasteiger partial charge in [0.25, 0.3) is 0 Å². The first-order chi connectivity index (χ1) is 11.2. The third kappa shape index (κ3) is 4.29. The van der Waals surface area contributed by atoms with E-state index in [0.29, 0.717) is 25.5 Å². The monoisotopic (exact) mass is 339 g/mol. The lowest BCUT2D eigenvalue weighted by Crippen LogP contribution is -2.31. The second kappa shape index (κ2) is 7.70. The van der Waals surface area contributed by atoms with Crippen molar-refractivity contribution in [3.8, 4) is 0 Å². The summed E-state index contributed by atoms with van der Waals surface area (Å²) >= 11 is 1.73. The molecule has 0 saturated carbocycles. The molecule has 2 aliphatic rings. The number of hydrogen-bond donors (Lipinski definition) is 1. The van der Waals surface area contributed by atoms with Gasteiger partial charge in [-0.25, -0.2) is 4.98 Å². The van der Waals surface area contributed by atoms with Crippen LogP contribution in [0.15, 0.2) is 5.51 Å². The molecule has 2 fully saturated rings. The van der Waals surface area contributed by atoms with Gasteiger partial charge in [-0.2, -0.15) is 0 Å². The van der Waals surface area contributed by atoms with Crippen LogP contribution in [0.2, 0.25) is 0 Å². The lowest BCUT2D eigenvalue weighted by Gasteiger charge is -2.18. The number of nitrogens with zero attached hydrogens (tertiary/aromatic N) is 2. The fourth-order valence-electron chi connectivity index (χ4n) is 3.46. The Hall–Kier alpha value is -1.02. The topological polar surface area (TPSA) is 63.7 Å². The van der Waals surface area contributed by atoms with E-state index in [-0.39, 0.29) is 18.1 Å². The summed E-state index contributed by atoms with van der Waals surface area (Å²) in [6.07, 6.45) is 1.80. The maximum absolute atomic E-state index is 11.8. The fourth-order valence-corrected chi connectivity index (χ4v) is 4.28. The molecule has 6 nitrogen and oxygen atoms in total. The van der Waals surface area contributed by atoms with Gasteiger partial charge in [0.1, 0.15) is 0 Å². The summed E-state index contributed by atoms with van der Waals surface area (Å²) in [5, 5.41) is 2.86. The molecule has 0 unspecified atom stereocenters.